The second kappa shape index (κ2) is 7.01. The molecule has 2 aromatic heterocycles. The maximum atomic E-state index is 5.70. The Morgan fingerprint density at radius 1 is 0.808 bits per heavy atom. The van der Waals surface area contributed by atoms with Crippen molar-refractivity contribution < 1.29 is 0 Å². The summed E-state index contributed by atoms with van der Waals surface area (Å²) < 4.78 is 2.08. The van der Waals surface area contributed by atoms with E-state index in [9.17, 15) is 0 Å². The Hall–Kier alpha value is -3.13. The van der Waals surface area contributed by atoms with E-state index in [2.05, 4.69) is 31.7 Å². The molecule has 0 saturated carbocycles. The molecule has 0 saturated heterocycles. The predicted octanol–water partition coefficient (Wildman–Crippen LogP) is 2.73. The number of anilines is 2. The van der Waals surface area contributed by atoms with Crippen molar-refractivity contribution in [2.24, 2.45) is 0 Å². The summed E-state index contributed by atoms with van der Waals surface area (Å²) in [5.41, 5.74) is 14.6. The van der Waals surface area contributed by atoms with Crippen LogP contribution in [0.5, 0.6) is 0 Å². The van der Waals surface area contributed by atoms with Crippen molar-refractivity contribution in [1.29, 1.82) is 0 Å². The fourth-order valence-electron chi connectivity index (χ4n) is 2.71. The first-order valence-corrected chi connectivity index (χ1v) is 9.05. The lowest BCUT2D eigenvalue weighted by Gasteiger charge is -2.09. The van der Waals surface area contributed by atoms with Crippen molar-refractivity contribution in [3.05, 3.63) is 66.0 Å². The van der Waals surface area contributed by atoms with Crippen LogP contribution in [0.2, 0.25) is 0 Å². The molecule has 4 N–H and O–H groups in total. The molecule has 2 heterocycles. The van der Waals surface area contributed by atoms with E-state index in [0.717, 1.165) is 21.9 Å². The highest BCUT2D eigenvalue weighted by Gasteiger charge is 2.13. The van der Waals surface area contributed by atoms with Crippen molar-refractivity contribution in [1.82, 2.24) is 24.5 Å². The Balaban J connectivity index is 1.69. The zero-order valence-corrected chi connectivity index (χ0v) is 14.7. The van der Waals surface area contributed by atoms with E-state index in [0.29, 0.717) is 12.4 Å². The van der Waals surface area contributed by atoms with Crippen molar-refractivity contribution in [3.8, 4) is 0 Å². The Kier molecular flexibility index (Phi) is 4.40. The zero-order chi connectivity index (χ0) is 17.9. The van der Waals surface area contributed by atoms with Gasteiger partial charge in [-0.05, 0) is 17.7 Å². The molecule has 0 fully saturated rings. The van der Waals surface area contributed by atoms with Gasteiger partial charge in [0.25, 0.3) is 0 Å². The lowest BCUT2D eigenvalue weighted by molar-refractivity contribution is 0.692. The Labute approximate surface area is 154 Å². The van der Waals surface area contributed by atoms with E-state index in [1.807, 2.05) is 42.5 Å². The summed E-state index contributed by atoms with van der Waals surface area (Å²) in [4.78, 5) is 17.0. The molecule has 0 unspecified atom stereocenters. The summed E-state index contributed by atoms with van der Waals surface area (Å²) in [5.74, 6) is 1.58. The van der Waals surface area contributed by atoms with Gasteiger partial charge in [0.1, 0.15) is 0 Å². The zero-order valence-electron chi connectivity index (χ0n) is 13.9. The van der Waals surface area contributed by atoms with Gasteiger partial charge < -0.3 is 16.0 Å². The summed E-state index contributed by atoms with van der Waals surface area (Å²) in [6.45, 7) is 0.425. The molecule has 130 valence electrons. The van der Waals surface area contributed by atoms with Crippen LogP contribution < -0.4 is 11.5 Å². The molecule has 0 spiro atoms. The van der Waals surface area contributed by atoms with E-state index >= 15 is 0 Å². The average molecular weight is 363 g/mol. The first-order valence-electron chi connectivity index (χ1n) is 8.07. The van der Waals surface area contributed by atoms with Crippen molar-refractivity contribution >= 4 is 34.7 Å². The Morgan fingerprint density at radius 3 is 2.27 bits per heavy atom. The number of nitrogens with zero attached hydrogens (tertiary/aromatic N) is 5. The maximum absolute atomic E-state index is 5.70. The molecule has 7 nitrogen and oxygen atoms in total. The first-order chi connectivity index (χ1) is 12.7. The quantitative estimate of drug-likeness (QED) is 0.525. The van der Waals surface area contributed by atoms with E-state index < -0.39 is 0 Å². The molecule has 0 aliphatic carbocycles. The van der Waals surface area contributed by atoms with Crippen LogP contribution in [0.1, 0.15) is 11.4 Å². The lowest BCUT2D eigenvalue weighted by atomic mass is 10.2. The highest BCUT2D eigenvalue weighted by atomic mass is 32.2. The van der Waals surface area contributed by atoms with Crippen LogP contribution in [0.4, 0.5) is 11.9 Å². The third kappa shape index (κ3) is 3.45. The minimum atomic E-state index is 0.121. The number of rotatable bonds is 5. The summed E-state index contributed by atoms with van der Waals surface area (Å²) in [6, 6.07) is 18.3. The van der Waals surface area contributed by atoms with Gasteiger partial charge in [-0.2, -0.15) is 15.0 Å². The second-order valence-corrected chi connectivity index (χ2v) is 6.65. The Bertz CT molecular complexity index is 1030. The monoisotopic (exact) mass is 363 g/mol. The fourth-order valence-corrected chi connectivity index (χ4v) is 3.68. The molecule has 4 rings (SSSR count). The molecule has 8 heteroatoms. The highest BCUT2D eigenvalue weighted by Crippen LogP contribution is 2.27. The summed E-state index contributed by atoms with van der Waals surface area (Å²) >= 11 is 1.67. The summed E-state index contributed by atoms with van der Waals surface area (Å²) in [6.07, 6.45) is 0. The molecular weight excluding hydrogens is 346 g/mol. The van der Waals surface area contributed by atoms with Crippen LogP contribution in [0.25, 0.3) is 11.0 Å². The topological polar surface area (TPSA) is 109 Å². The SMILES string of the molecule is Nc1nc(N)nc(Cn2c(SCc3ccccc3)nc3ccccc32)n1. The molecule has 2 aromatic carbocycles. The number of thioether (sulfide) groups is 1. The number of imidazole rings is 1. The van der Waals surface area contributed by atoms with Gasteiger partial charge in [0.15, 0.2) is 11.0 Å². The van der Waals surface area contributed by atoms with Crippen LogP contribution >= 0.6 is 11.8 Å². The number of para-hydroxylation sites is 2. The number of hydrogen-bond acceptors (Lipinski definition) is 7. The molecule has 0 radical (unpaired) electrons. The van der Waals surface area contributed by atoms with E-state index in [-0.39, 0.29) is 11.9 Å². The summed E-state index contributed by atoms with van der Waals surface area (Å²) in [5, 5.41) is 0.896. The van der Waals surface area contributed by atoms with Crippen molar-refractivity contribution in [2.75, 3.05) is 11.5 Å². The number of nitrogens with two attached hydrogens (primary N) is 2. The molecular formula is C18H17N7S. The van der Waals surface area contributed by atoms with Gasteiger partial charge in [0.2, 0.25) is 11.9 Å². The van der Waals surface area contributed by atoms with Gasteiger partial charge in [-0.25, -0.2) is 4.98 Å². The van der Waals surface area contributed by atoms with Gasteiger partial charge in [-0.3, -0.25) is 0 Å². The Morgan fingerprint density at radius 2 is 1.50 bits per heavy atom. The van der Waals surface area contributed by atoms with Gasteiger partial charge >= 0.3 is 0 Å². The smallest absolute Gasteiger partial charge is 0.225 e. The first kappa shape index (κ1) is 16.3. The standard InChI is InChI=1S/C18H17N7S/c19-16-22-15(23-17(20)24-16)10-25-14-9-5-4-8-13(14)21-18(25)26-11-12-6-2-1-3-7-12/h1-9H,10-11H2,(H4,19,20,22,23,24). The second-order valence-electron chi connectivity index (χ2n) is 5.71. The third-order valence-electron chi connectivity index (χ3n) is 3.85. The number of nitrogen functional groups attached to an aromatic ring is 2. The largest absolute Gasteiger partial charge is 0.368 e. The average Bonchev–Trinajstić information content (AvgIpc) is 2.98. The molecule has 26 heavy (non-hydrogen) atoms. The van der Waals surface area contributed by atoms with Crippen LogP contribution in [-0.2, 0) is 12.3 Å². The predicted molar refractivity (Wildman–Crippen MR) is 103 cm³/mol. The van der Waals surface area contributed by atoms with Gasteiger partial charge in [-0.1, -0.05) is 54.2 Å². The normalized spacial score (nSPS) is 11.1. The van der Waals surface area contributed by atoms with E-state index in [4.69, 9.17) is 16.5 Å². The highest BCUT2D eigenvalue weighted by molar-refractivity contribution is 7.98. The summed E-state index contributed by atoms with van der Waals surface area (Å²) in [7, 11) is 0. The maximum Gasteiger partial charge on any atom is 0.225 e. The molecule has 0 amide bonds. The van der Waals surface area contributed by atoms with Crippen LogP contribution in [0.15, 0.2) is 59.8 Å². The fraction of sp³-hybridized carbons (Fsp3) is 0.111. The number of fused-ring (bicyclic) bond motifs is 1. The number of benzene rings is 2. The molecule has 0 atom stereocenters. The lowest BCUT2D eigenvalue weighted by Crippen LogP contribution is -2.11. The van der Waals surface area contributed by atoms with Crippen LogP contribution in [-0.4, -0.2) is 24.5 Å². The van der Waals surface area contributed by atoms with Gasteiger partial charge in [0, 0.05) is 5.75 Å². The van der Waals surface area contributed by atoms with E-state index in [1.54, 1.807) is 11.8 Å². The molecule has 0 aliphatic heterocycles. The van der Waals surface area contributed by atoms with Gasteiger partial charge in [0.05, 0.1) is 17.6 Å². The molecule has 0 bridgehead atoms. The van der Waals surface area contributed by atoms with Crippen molar-refractivity contribution in [3.63, 3.8) is 0 Å². The van der Waals surface area contributed by atoms with E-state index in [1.165, 1.54) is 5.56 Å². The van der Waals surface area contributed by atoms with Crippen LogP contribution in [0.3, 0.4) is 0 Å². The van der Waals surface area contributed by atoms with Crippen molar-refractivity contribution in [2.45, 2.75) is 17.5 Å². The minimum absolute atomic E-state index is 0.121. The number of aromatic nitrogens is 5. The minimum Gasteiger partial charge on any atom is -0.368 e. The third-order valence-corrected chi connectivity index (χ3v) is 4.89. The molecule has 0 aliphatic rings. The van der Waals surface area contributed by atoms with Crippen LogP contribution in [0, 0.1) is 0 Å². The molecule has 4 aromatic rings. The van der Waals surface area contributed by atoms with Gasteiger partial charge in [-0.15, -0.1) is 0 Å². The number of hydrogen-bond donors (Lipinski definition) is 2.